The Morgan fingerprint density at radius 1 is 0.463 bits per heavy atom. The highest BCUT2D eigenvalue weighted by atomic mass is 32.3. The van der Waals surface area contributed by atoms with Crippen LogP contribution in [0.2, 0.25) is 0 Å². The van der Waals surface area contributed by atoms with Gasteiger partial charge < -0.3 is 75.4 Å². The number of nitrogens with two attached hydrogens (primary N) is 1. The van der Waals surface area contributed by atoms with Gasteiger partial charge >= 0.3 is 10.4 Å². The van der Waals surface area contributed by atoms with E-state index >= 15 is 0 Å². The van der Waals surface area contributed by atoms with E-state index in [1.54, 1.807) is 0 Å². The van der Waals surface area contributed by atoms with Gasteiger partial charge in [0.25, 0.3) is 0 Å². The smallest absolute Gasteiger partial charge is 0.388 e. The fourth-order valence-corrected chi connectivity index (χ4v) is 9.64. The molecule has 10 atom stereocenters. The maximum absolute atomic E-state index is 12.3. The molecule has 0 aromatic rings. The Morgan fingerprint density at radius 2 is 0.854 bits per heavy atom. The molecule has 2 saturated heterocycles. The monoisotopic (exact) mass is 1200 g/mol. The van der Waals surface area contributed by atoms with Crippen LogP contribution in [0.5, 0.6) is 0 Å². The predicted octanol–water partition coefficient (Wildman–Crippen LogP) is 2.19. The Hall–Kier alpha value is -3.55. The van der Waals surface area contributed by atoms with E-state index in [9.17, 15) is 57.6 Å². The maximum atomic E-state index is 12.3. The minimum absolute atomic E-state index is 0.00225. The number of carbonyl (C=O) groups is 6. The first-order valence-corrected chi connectivity index (χ1v) is 31.3. The normalized spacial score (nSPS) is 22.8. The van der Waals surface area contributed by atoms with Gasteiger partial charge in [0.2, 0.25) is 29.5 Å². The number of ether oxygens (including phenoxy) is 6. The summed E-state index contributed by atoms with van der Waals surface area (Å²) >= 11 is 0. The van der Waals surface area contributed by atoms with Crippen molar-refractivity contribution in [1.29, 1.82) is 0 Å². The van der Waals surface area contributed by atoms with Crippen LogP contribution in [0.3, 0.4) is 0 Å². The molecule has 10 unspecified atom stereocenters. The lowest BCUT2D eigenvalue weighted by Crippen LogP contribution is -2.64. The van der Waals surface area contributed by atoms with Gasteiger partial charge in [-0.2, -0.15) is 18.6 Å². The summed E-state index contributed by atoms with van der Waals surface area (Å²) in [5.41, 5.74) is 0. The summed E-state index contributed by atoms with van der Waals surface area (Å²) in [5.74, 6) is 4.00. The Labute approximate surface area is 486 Å². The molecular weight excluding hydrogens is 1100 g/mol. The highest BCUT2D eigenvalue weighted by Gasteiger charge is 2.47. The SMILES string of the molecule is CCC1OC(OCCCCCCNC(=O)CCCCCCCCC(=O)CCOCCCOCCC(=O)NCCCCCCCC(=O)NCCCCCCOC2OC(COS(=O)(=O)ON)C(O)C(O)C2NC(C)=O)C(NC(C)=O)C(O)C1O. The van der Waals surface area contributed by atoms with Crippen molar-refractivity contribution in [3.8, 4) is 0 Å². The number of carbonyl (C=O) groups excluding carboxylic acids is 6. The lowest BCUT2D eigenvalue weighted by Gasteiger charge is -2.42. The number of nitrogens with one attached hydrogen (secondary N) is 5. The standard InChI is InChI=1S/C55H102N6O20S/c1-4-43-50(68)52(70)48(60-40(2)62)54(79-43)76-35-22-14-12-20-30-57-45(65)26-17-9-6-5-8-16-25-42(64)28-37-74-33-24-34-75-38-29-47(67)59-32-19-11-7-10-18-27-46(66)58-31-21-13-15-23-36-77-55-49(61-41(3)63)53(71)51(69)44(80-55)39-78-82(72,73)81-56/h43-44,48-55,68-71H,4-39,56H2,1-3H3,(H,57,65)(H,58,66)(H,59,67)(H,60,62)(H,61,63). The van der Waals surface area contributed by atoms with Gasteiger partial charge in [0.15, 0.2) is 12.6 Å². The second kappa shape index (κ2) is 45.8. The molecule has 27 heteroatoms. The number of aliphatic hydroxyl groups is 4. The Morgan fingerprint density at radius 3 is 1.30 bits per heavy atom. The van der Waals surface area contributed by atoms with Crippen molar-refractivity contribution in [2.75, 3.05) is 65.9 Å². The fourth-order valence-electron chi connectivity index (χ4n) is 9.29. The fraction of sp³-hybridized carbons (Fsp3) is 0.891. The molecule has 0 aromatic heterocycles. The molecule has 0 bridgehead atoms. The van der Waals surface area contributed by atoms with Gasteiger partial charge in [-0.05, 0) is 64.2 Å². The average Bonchev–Trinajstić information content (AvgIpc) is 3.62. The molecule has 0 aliphatic carbocycles. The number of hydrogen-bond donors (Lipinski definition) is 10. The molecule has 2 rings (SSSR count). The van der Waals surface area contributed by atoms with Crippen molar-refractivity contribution in [2.45, 2.75) is 249 Å². The number of hydrogen-bond acceptors (Lipinski definition) is 21. The lowest BCUT2D eigenvalue weighted by atomic mass is 9.95. The molecule has 0 aromatic carbocycles. The number of rotatable bonds is 50. The number of Topliss-reactive ketones (excluding diaryl/α,β-unsaturated/α-hetero) is 1. The number of ketones is 1. The van der Waals surface area contributed by atoms with Crippen molar-refractivity contribution in [2.24, 2.45) is 5.90 Å². The summed E-state index contributed by atoms with van der Waals surface area (Å²) in [4.78, 5) is 72.2. The van der Waals surface area contributed by atoms with E-state index in [4.69, 9.17) is 28.4 Å². The zero-order chi connectivity index (χ0) is 60.4. The zero-order valence-corrected chi connectivity index (χ0v) is 49.9. The van der Waals surface area contributed by atoms with E-state index in [0.717, 1.165) is 116 Å². The van der Waals surface area contributed by atoms with E-state index in [2.05, 4.69) is 40.9 Å². The number of unbranched alkanes of at least 4 members (excludes halogenated alkanes) is 15. The summed E-state index contributed by atoms with van der Waals surface area (Å²) in [6, 6.07) is -1.97. The molecule has 2 aliphatic rings. The lowest BCUT2D eigenvalue weighted by molar-refractivity contribution is -0.269. The van der Waals surface area contributed by atoms with Crippen LogP contribution in [0.4, 0.5) is 0 Å². The molecule has 11 N–H and O–H groups in total. The summed E-state index contributed by atoms with van der Waals surface area (Å²) in [6.45, 7) is 7.66. The van der Waals surface area contributed by atoms with Gasteiger partial charge in [0.1, 0.15) is 48.4 Å². The third kappa shape index (κ3) is 35.0. The topological polar surface area (TPSA) is 377 Å². The van der Waals surface area contributed by atoms with Gasteiger partial charge in [0.05, 0.1) is 25.9 Å². The van der Waals surface area contributed by atoms with Gasteiger partial charge in [-0.25, -0.2) is 4.18 Å². The Bertz CT molecular complexity index is 1880. The second-order valence-electron chi connectivity index (χ2n) is 21.1. The van der Waals surface area contributed by atoms with Crippen LogP contribution in [0.15, 0.2) is 0 Å². The van der Waals surface area contributed by atoms with Crippen LogP contribution in [-0.2, 0) is 76.1 Å². The number of amides is 5. The molecule has 0 spiro atoms. The molecule has 2 heterocycles. The van der Waals surface area contributed by atoms with Crippen molar-refractivity contribution in [3.05, 3.63) is 0 Å². The van der Waals surface area contributed by atoms with Crippen LogP contribution < -0.4 is 32.5 Å². The molecular formula is C55H102N6O20S. The first-order chi connectivity index (χ1) is 39.4. The van der Waals surface area contributed by atoms with Gasteiger partial charge in [-0.15, -0.1) is 0 Å². The predicted molar refractivity (Wildman–Crippen MR) is 300 cm³/mol. The highest BCUT2D eigenvalue weighted by Crippen LogP contribution is 2.26. The van der Waals surface area contributed by atoms with Gasteiger partial charge in [-0.1, -0.05) is 77.6 Å². The second-order valence-corrected chi connectivity index (χ2v) is 22.3. The van der Waals surface area contributed by atoms with Crippen LogP contribution >= 0.6 is 0 Å². The van der Waals surface area contributed by atoms with Crippen molar-refractivity contribution in [3.63, 3.8) is 0 Å². The average molecular weight is 1200 g/mol. The van der Waals surface area contributed by atoms with Crippen LogP contribution in [-0.4, -0.2) is 191 Å². The van der Waals surface area contributed by atoms with Crippen LogP contribution in [0.25, 0.3) is 0 Å². The minimum Gasteiger partial charge on any atom is -0.388 e. The van der Waals surface area contributed by atoms with Crippen LogP contribution in [0, 0.1) is 0 Å². The molecule has 26 nitrogen and oxygen atoms in total. The van der Waals surface area contributed by atoms with Gasteiger partial charge in [-0.3, -0.25) is 28.8 Å². The number of aliphatic hydroxyl groups excluding tert-OH is 4. The summed E-state index contributed by atoms with van der Waals surface area (Å²) in [7, 11) is -4.54. The van der Waals surface area contributed by atoms with E-state index in [0.29, 0.717) is 97.6 Å². The van der Waals surface area contributed by atoms with E-state index in [1.165, 1.54) is 13.8 Å². The van der Waals surface area contributed by atoms with Gasteiger partial charge in [0, 0.05) is 92.0 Å². The first kappa shape index (κ1) is 74.6. The molecule has 2 aliphatic heterocycles. The molecule has 2 fully saturated rings. The van der Waals surface area contributed by atoms with Crippen molar-refractivity contribution in [1.82, 2.24) is 26.6 Å². The zero-order valence-electron chi connectivity index (χ0n) is 49.0. The maximum Gasteiger partial charge on any atom is 0.415 e. The first-order valence-electron chi connectivity index (χ1n) is 29.9. The molecule has 5 amide bonds. The molecule has 0 radical (unpaired) electrons. The third-order valence-electron chi connectivity index (χ3n) is 14.0. The van der Waals surface area contributed by atoms with E-state index in [-0.39, 0.29) is 42.4 Å². The van der Waals surface area contributed by atoms with E-state index in [1.807, 2.05) is 6.92 Å². The Kier molecular flexibility index (Phi) is 41.6. The van der Waals surface area contributed by atoms with Crippen LogP contribution in [0.1, 0.15) is 188 Å². The van der Waals surface area contributed by atoms with E-state index < -0.39 is 84.2 Å². The molecule has 478 valence electrons. The summed E-state index contributed by atoms with van der Waals surface area (Å²) in [6.07, 6.45) is 10.5. The quantitative estimate of drug-likeness (QED) is 0.0308. The molecule has 82 heavy (non-hydrogen) atoms. The Balaban J connectivity index is 1.30. The molecule has 0 saturated carbocycles. The van der Waals surface area contributed by atoms with Crippen molar-refractivity contribution >= 4 is 45.7 Å². The third-order valence-corrected chi connectivity index (χ3v) is 14.6. The summed E-state index contributed by atoms with van der Waals surface area (Å²) < 4.78 is 65.3. The van der Waals surface area contributed by atoms with Crippen molar-refractivity contribution < 1.29 is 94.5 Å². The highest BCUT2D eigenvalue weighted by molar-refractivity contribution is 7.81. The largest absolute Gasteiger partial charge is 0.415 e. The minimum atomic E-state index is -4.54. The summed E-state index contributed by atoms with van der Waals surface area (Å²) in [5, 5.41) is 55.6.